The van der Waals surface area contributed by atoms with Gasteiger partial charge in [0, 0.05) is 11.8 Å². The van der Waals surface area contributed by atoms with E-state index in [9.17, 15) is 9.59 Å². The lowest BCUT2D eigenvalue weighted by Gasteiger charge is -2.06. The number of hydrogen-bond donors (Lipinski definition) is 2. The second kappa shape index (κ2) is 9.22. The van der Waals surface area contributed by atoms with Crippen LogP contribution in [-0.4, -0.2) is 32.2 Å². The highest BCUT2D eigenvalue weighted by Crippen LogP contribution is 2.17. The fourth-order valence-corrected chi connectivity index (χ4v) is 2.19. The highest BCUT2D eigenvalue weighted by molar-refractivity contribution is 6.03. The van der Waals surface area contributed by atoms with E-state index in [1.807, 2.05) is 19.1 Å². The third-order valence-electron chi connectivity index (χ3n) is 3.54. The third-order valence-corrected chi connectivity index (χ3v) is 3.54. The number of nitrogens with one attached hydrogen (secondary N) is 2. The maximum atomic E-state index is 11.9. The van der Waals surface area contributed by atoms with Gasteiger partial charge in [-0.25, -0.2) is 5.43 Å². The van der Waals surface area contributed by atoms with E-state index in [-0.39, 0.29) is 6.42 Å². The monoisotopic (exact) mass is 355 g/mol. The zero-order valence-corrected chi connectivity index (χ0v) is 14.9. The van der Waals surface area contributed by atoms with Crippen LogP contribution in [-0.2, 0) is 9.59 Å². The third kappa shape index (κ3) is 5.62. The van der Waals surface area contributed by atoms with Gasteiger partial charge in [-0.2, -0.15) is 5.10 Å². The first kappa shape index (κ1) is 19.0. The lowest BCUT2D eigenvalue weighted by molar-refractivity contribution is -0.126. The number of nitrogens with zero attached hydrogens (tertiary/aromatic N) is 1. The number of rotatable bonds is 7. The first-order valence-electron chi connectivity index (χ1n) is 7.92. The molecule has 26 heavy (non-hydrogen) atoms. The van der Waals surface area contributed by atoms with Crippen LogP contribution in [0.4, 0.5) is 5.69 Å². The van der Waals surface area contributed by atoms with Crippen molar-refractivity contribution in [2.45, 2.75) is 13.3 Å². The lowest BCUT2D eigenvalue weighted by Crippen LogP contribution is -2.24. The number of benzene rings is 2. The molecule has 7 heteroatoms. The van der Waals surface area contributed by atoms with Crippen LogP contribution in [0.3, 0.4) is 0 Å². The van der Waals surface area contributed by atoms with Crippen LogP contribution >= 0.6 is 0 Å². The molecule has 0 saturated heterocycles. The number of aryl methyl sites for hydroxylation is 1. The largest absolute Gasteiger partial charge is 0.497 e. The summed E-state index contributed by atoms with van der Waals surface area (Å²) < 4.78 is 10.2. The number of methoxy groups -OCH3 is 2. The van der Waals surface area contributed by atoms with Crippen LogP contribution in [0.1, 0.15) is 17.5 Å². The Morgan fingerprint density at radius 3 is 2.46 bits per heavy atom. The Hall–Kier alpha value is -3.35. The Labute approximate surface area is 152 Å². The van der Waals surface area contributed by atoms with Crippen molar-refractivity contribution < 1.29 is 19.1 Å². The molecule has 136 valence electrons. The van der Waals surface area contributed by atoms with E-state index in [1.54, 1.807) is 37.4 Å². The SMILES string of the molecule is COc1cccc(NC(=O)CC(=O)NN=Cc2ccc(OC)cc2C)c1. The van der Waals surface area contributed by atoms with Gasteiger partial charge in [0.2, 0.25) is 11.8 Å². The molecule has 2 N–H and O–H groups in total. The van der Waals surface area contributed by atoms with Crippen LogP contribution < -0.4 is 20.2 Å². The molecule has 0 aromatic heterocycles. The Bertz CT molecular complexity index is 818. The van der Waals surface area contributed by atoms with E-state index in [2.05, 4.69) is 15.8 Å². The van der Waals surface area contributed by atoms with Gasteiger partial charge < -0.3 is 14.8 Å². The lowest BCUT2D eigenvalue weighted by atomic mass is 10.1. The van der Waals surface area contributed by atoms with Gasteiger partial charge in [-0.15, -0.1) is 0 Å². The minimum Gasteiger partial charge on any atom is -0.497 e. The molecule has 0 fully saturated rings. The number of carbonyl (C=O) groups is 2. The van der Waals surface area contributed by atoms with Crippen molar-refractivity contribution in [2.24, 2.45) is 5.10 Å². The molecule has 7 nitrogen and oxygen atoms in total. The smallest absolute Gasteiger partial charge is 0.249 e. The summed E-state index contributed by atoms with van der Waals surface area (Å²) in [4.78, 5) is 23.7. The number of ether oxygens (including phenoxy) is 2. The van der Waals surface area contributed by atoms with Crippen molar-refractivity contribution >= 4 is 23.7 Å². The van der Waals surface area contributed by atoms with Crippen molar-refractivity contribution in [2.75, 3.05) is 19.5 Å². The van der Waals surface area contributed by atoms with Gasteiger partial charge in [-0.3, -0.25) is 9.59 Å². The molecule has 0 unspecified atom stereocenters. The quantitative estimate of drug-likeness (QED) is 0.454. The Morgan fingerprint density at radius 1 is 1.04 bits per heavy atom. The summed E-state index contributed by atoms with van der Waals surface area (Å²) in [5, 5.41) is 6.51. The molecule has 2 amide bonds. The van der Waals surface area contributed by atoms with Gasteiger partial charge in [0.15, 0.2) is 0 Å². The standard InChI is InChI=1S/C19H21N3O4/c1-13-9-17(26-3)8-7-14(13)12-20-22-19(24)11-18(23)21-15-5-4-6-16(10-15)25-2/h4-10,12H,11H2,1-3H3,(H,21,23)(H,22,24). The van der Waals surface area contributed by atoms with Gasteiger partial charge in [0.1, 0.15) is 17.9 Å². The highest BCUT2D eigenvalue weighted by Gasteiger charge is 2.09. The summed E-state index contributed by atoms with van der Waals surface area (Å²) in [6.07, 6.45) is 1.18. The van der Waals surface area contributed by atoms with Crippen molar-refractivity contribution in [3.05, 3.63) is 53.6 Å². The molecule has 2 aromatic rings. The molecule has 0 aliphatic rings. The minimum atomic E-state index is -0.507. The van der Waals surface area contributed by atoms with Gasteiger partial charge >= 0.3 is 0 Å². The van der Waals surface area contributed by atoms with Crippen molar-refractivity contribution in [3.8, 4) is 11.5 Å². The van der Waals surface area contributed by atoms with Crippen molar-refractivity contribution in [1.82, 2.24) is 5.43 Å². The summed E-state index contributed by atoms with van der Waals surface area (Å²) in [7, 11) is 3.14. The van der Waals surface area contributed by atoms with E-state index in [0.29, 0.717) is 11.4 Å². The van der Waals surface area contributed by atoms with Crippen LogP contribution in [0, 0.1) is 6.92 Å². The molecule has 0 saturated carbocycles. The molecular formula is C19H21N3O4. The van der Waals surface area contributed by atoms with E-state index >= 15 is 0 Å². The first-order valence-corrected chi connectivity index (χ1v) is 7.92. The van der Waals surface area contributed by atoms with Crippen LogP contribution in [0.5, 0.6) is 11.5 Å². The summed E-state index contributed by atoms with van der Waals surface area (Å²) in [5.74, 6) is 0.420. The topological polar surface area (TPSA) is 89.0 Å². The summed E-state index contributed by atoms with van der Waals surface area (Å²) in [6.45, 7) is 1.91. The number of carbonyl (C=O) groups excluding carboxylic acids is 2. The zero-order valence-electron chi connectivity index (χ0n) is 14.9. The van der Waals surface area contributed by atoms with Gasteiger partial charge in [0.25, 0.3) is 0 Å². The predicted molar refractivity (Wildman–Crippen MR) is 99.7 cm³/mol. The molecule has 0 atom stereocenters. The zero-order chi connectivity index (χ0) is 18.9. The van der Waals surface area contributed by atoms with Crippen LogP contribution in [0.2, 0.25) is 0 Å². The summed E-state index contributed by atoms with van der Waals surface area (Å²) in [5.41, 5.74) is 4.69. The molecule has 0 bridgehead atoms. The predicted octanol–water partition coefficient (Wildman–Crippen LogP) is 2.49. The number of hydrazone groups is 1. The van der Waals surface area contributed by atoms with Crippen molar-refractivity contribution in [3.63, 3.8) is 0 Å². The van der Waals surface area contributed by atoms with Gasteiger partial charge in [-0.1, -0.05) is 6.07 Å². The van der Waals surface area contributed by atoms with E-state index in [1.165, 1.54) is 13.3 Å². The van der Waals surface area contributed by atoms with Crippen LogP contribution in [0.15, 0.2) is 47.6 Å². The molecule has 0 radical (unpaired) electrons. The maximum absolute atomic E-state index is 11.9. The van der Waals surface area contributed by atoms with E-state index < -0.39 is 11.8 Å². The van der Waals surface area contributed by atoms with Crippen molar-refractivity contribution in [1.29, 1.82) is 0 Å². The van der Waals surface area contributed by atoms with Crippen LogP contribution in [0.25, 0.3) is 0 Å². The average Bonchev–Trinajstić information content (AvgIpc) is 2.63. The minimum absolute atomic E-state index is 0.337. The second-order valence-corrected chi connectivity index (χ2v) is 5.47. The first-order chi connectivity index (χ1) is 12.5. The number of amides is 2. The second-order valence-electron chi connectivity index (χ2n) is 5.47. The number of anilines is 1. The fourth-order valence-electron chi connectivity index (χ4n) is 2.19. The molecule has 2 aromatic carbocycles. The fraction of sp³-hybridized carbons (Fsp3) is 0.211. The van der Waals surface area contributed by atoms with Gasteiger partial charge in [0.05, 0.1) is 20.4 Å². The Morgan fingerprint density at radius 2 is 1.77 bits per heavy atom. The maximum Gasteiger partial charge on any atom is 0.249 e. The molecule has 0 aliphatic carbocycles. The molecule has 0 aliphatic heterocycles. The summed E-state index contributed by atoms with van der Waals surface area (Å²) >= 11 is 0. The Balaban J connectivity index is 1.85. The average molecular weight is 355 g/mol. The molecular weight excluding hydrogens is 334 g/mol. The molecule has 0 heterocycles. The molecule has 0 spiro atoms. The van der Waals surface area contributed by atoms with Gasteiger partial charge in [-0.05, 0) is 48.4 Å². The van der Waals surface area contributed by atoms with E-state index in [0.717, 1.165) is 16.9 Å². The number of hydrogen-bond acceptors (Lipinski definition) is 5. The normalized spacial score (nSPS) is 10.4. The highest BCUT2D eigenvalue weighted by atomic mass is 16.5. The molecule has 2 rings (SSSR count). The summed E-state index contributed by atoms with van der Waals surface area (Å²) in [6, 6.07) is 12.4. The Kier molecular flexibility index (Phi) is 6.73. The van der Waals surface area contributed by atoms with E-state index in [4.69, 9.17) is 9.47 Å².